The first-order chi connectivity index (χ1) is 5.94. The fraction of sp³-hybridized carbons (Fsp3) is 0.125. The van der Waals surface area contributed by atoms with Crippen molar-refractivity contribution in [3.05, 3.63) is 34.9 Å². The molecule has 0 radical (unpaired) electrons. The van der Waals surface area contributed by atoms with Gasteiger partial charge in [0, 0.05) is 10.6 Å². The predicted octanol–water partition coefficient (Wildman–Crippen LogP) is 2.52. The molecule has 70 valence electrons. The first-order valence-corrected chi connectivity index (χ1v) is 3.69. The average molecular weight is 207 g/mol. The van der Waals surface area contributed by atoms with Crippen LogP contribution in [0.3, 0.4) is 0 Å². The highest BCUT2D eigenvalue weighted by Gasteiger charge is 2.40. The fourth-order valence-corrected chi connectivity index (χ4v) is 0.909. The maximum Gasteiger partial charge on any atom is 0.379 e. The van der Waals surface area contributed by atoms with Crippen molar-refractivity contribution < 1.29 is 18.7 Å². The number of rotatable bonds is 2. The number of hydrogen-bond acceptors (Lipinski definition) is 1. The third-order valence-corrected chi connectivity index (χ3v) is 1.73. The van der Waals surface area contributed by atoms with Gasteiger partial charge in [0.2, 0.25) is 0 Å². The zero-order chi connectivity index (χ0) is 10.1. The summed E-state index contributed by atoms with van der Waals surface area (Å²) in [5.74, 6) is -6.03. The van der Waals surface area contributed by atoms with Crippen molar-refractivity contribution in [2.24, 2.45) is 0 Å². The van der Waals surface area contributed by atoms with Crippen molar-refractivity contribution in [2.75, 3.05) is 0 Å². The molecule has 0 saturated carbocycles. The van der Waals surface area contributed by atoms with E-state index in [-0.39, 0.29) is 5.02 Å². The quantitative estimate of drug-likeness (QED) is 0.807. The lowest BCUT2D eigenvalue weighted by Gasteiger charge is -2.10. The molecule has 1 aromatic rings. The standard InChI is InChI=1S/C8H5ClF2O2/c9-6-3-1-5(2-4-6)8(10,11)7(12)13/h1-4H,(H,12,13). The van der Waals surface area contributed by atoms with Crippen molar-refractivity contribution in [1.29, 1.82) is 0 Å². The van der Waals surface area contributed by atoms with Crippen molar-refractivity contribution in [3.63, 3.8) is 0 Å². The number of carboxylic acid groups (broad SMARTS) is 1. The highest BCUT2D eigenvalue weighted by molar-refractivity contribution is 6.30. The molecule has 0 atom stereocenters. The van der Waals surface area contributed by atoms with Crippen LogP contribution < -0.4 is 0 Å². The summed E-state index contributed by atoms with van der Waals surface area (Å²) in [4.78, 5) is 10.1. The Morgan fingerprint density at radius 3 is 2.15 bits per heavy atom. The van der Waals surface area contributed by atoms with Crippen LogP contribution in [0.4, 0.5) is 8.78 Å². The third-order valence-electron chi connectivity index (χ3n) is 1.48. The number of hydrogen-bond donors (Lipinski definition) is 1. The monoisotopic (exact) mass is 206 g/mol. The molecule has 1 rings (SSSR count). The van der Waals surface area contributed by atoms with Gasteiger partial charge in [0.1, 0.15) is 0 Å². The minimum absolute atomic E-state index is 0.282. The zero-order valence-corrected chi connectivity index (χ0v) is 7.05. The highest BCUT2D eigenvalue weighted by atomic mass is 35.5. The van der Waals surface area contributed by atoms with Crippen LogP contribution in [0, 0.1) is 0 Å². The Morgan fingerprint density at radius 1 is 1.31 bits per heavy atom. The number of halogens is 3. The number of carbonyl (C=O) groups is 1. The summed E-state index contributed by atoms with van der Waals surface area (Å²) in [6.45, 7) is 0. The highest BCUT2D eigenvalue weighted by Crippen LogP contribution is 2.28. The van der Waals surface area contributed by atoms with Gasteiger partial charge >= 0.3 is 11.9 Å². The van der Waals surface area contributed by atoms with Gasteiger partial charge in [-0.15, -0.1) is 0 Å². The van der Waals surface area contributed by atoms with Crippen LogP contribution in [0.15, 0.2) is 24.3 Å². The zero-order valence-electron chi connectivity index (χ0n) is 6.30. The third kappa shape index (κ3) is 1.95. The Kier molecular flexibility index (Phi) is 2.52. The summed E-state index contributed by atoms with van der Waals surface area (Å²) in [5, 5.41) is 8.46. The first kappa shape index (κ1) is 9.92. The van der Waals surface area contributed by atoms with E-state index < -0.39 is 17.5 Å². The van der Waals surface area contributed by atoms with E-state index >= 15 is 0 Å². The number of aliphatic carboxylic acids is 1. The van der Waals surface area contributed by atoms with E-state index in [1.165, 1.54) is 12.1 Å². The SMILES string of the molecule is O=C(O)C(F)(F)c1ccc(Cl)cc1. The smallest absolute Gasteiger partial charge is 0.379 e. The second-order valence-electron chi connectivity index (χ2n) is 2.39. The average Bonchev–Trinajstić information content (AvgIpc) is 2.04. The van der Waals surface area contributed by atoms with Gasteiger partial charge in [-0.1, -0.05) is 23.7 Å². The molecule has 0 aliphatic heterocycles. The Bertz CT molecular complexity index is 321. The van der Waals surface area contributed by atoms with Gasteiger partial charge in [0.25, 0.3) is 0 Å². The van der Waals surface area contributed by atoms with Gasteiger partial charge in [0.15, 0.2) is 0 Å². The van der Waals surface area contributed by atoms with Crippen LogP contribution >= 0.6 is 11.6 Å². The summed E-state index contributed by atoms with van der Waals surface area (Å²) >= 11 is 5.45. The number of carboxylic acids is 1. The van der Waals surface area contributed by atoms with E-state index in [9.17, 15) is 13.6 Å². The van der Waals surface area contributed by atoms with Gasteiger partial charge in [-0.3, -0.25) is 0 Å². The topological polar surface area (TPSA) is 37.3 Å². The molecule has 5 heteroatoms. The maximum atomic E-state index is 12.8. The largest absolute Gasteiger partial charge is 0.477 e. The van der Waals surface area contributed by atoms with Crippen molar-refractivity contribution in [1.82, 2.24) is 0 Å². The minimum Gasteiger partial charge on any atom is -0.477 e. The molecular weight excluding hydrogens is 202 g/mol. The molecule has 0 spiro atoms. The van der Waals surface area contributed by atoms with Crippen molar-refractivity contribution in [3.8, 4) is 0 Å². The molecule has 0 bridgehead atoms. The Morgan fingerprint density at radius 2 is 1.77 bits per heavy atom. The molecule has 1 aromatic carbocycles. The van der Waals surface area contributed by atoms with E-state index in [2.05, 4.69) is 0 Å². The molecule has 0 aromatic heterocycles. The lowest BCUT2D eigenvalue weighted by molar-refractivity contribution is -0.166. The van der Waals surface area contributed by atoms with Gasteiger partial charge in [-0.2, -0.15) is 8.78 Å². The van der Waals surface area contributed by atoms with Crippen LogP contribution in [0.25, 0.3) is 0 Å². The molecule has 0 aliphatic carbocycles. The van der Waals surface area contributed by atoms with Gasteiger partial charge in [-0.25, -0.2) is 4.79 Å². The molecule has 0 aliphatic rings. The van der Waals surface area contributed by atoms with Gasteiger partial charge in [-0.05, 0) is 12.1 Å². The van der Waals surface area contributed by atoms with E-state index in [1.807, 2.05) is 0 Å². The molecule has 0 amide bonds. The second-order valence-corrected chi connectivity index (χ2v) is 2.82. The van der Waals surface area contributed by atoms with Crippen LogP contribution in [-0.4, -0.2) is 11.1 Å². The molecule has 0 unspecified atom stereocenters. The lowest BCUT2D eigenvalue weighted by Crippen LogP contribution is -2.25. The lowest BCUT2D eigenvalue weighted by atomic mass is 10.1. The molecule has 0 fully saturated rings. The Hall–Kier alpha value is -1.16. The van der Waals surface area contributed by atoms with Crippen molar-refractivity contribution in [2.45, 2.75) is 5.92 Å². The van der Waals surface area contributed by atoms with Gasteiger partial charge in [0.05, 0.1) is 0 Å². The maximum absolute atomic E-state index is 12.8. The first-order valence-electron chi connectivity index (χ1n) is 3.32. The van der Waals surface area contributed by atoms with Crippen molar-refractivity contribution >= 4 is 17.6 Å². The minimum atomic E-state index is -3.86. The summed E-state index contributed by atoms with van der Waals surface area (Å²) < 4.78 is 25.5. The van der Waals surface area contributed by atoms with Crippen LogP contribution in [0.1, 0.15) is 5.56 Å². The molecule has 0 heterocycles. The summed E-state index contributed by atoms with van der Waals surface area (Å²) in [6.07, 6.45) is 0. The molecular formula is C8H5ClF2O2. The number of benzene rings is 1. The summed E-state index contributed by atoms with van der Waals surface area (Å²) in [5.41, 5.74) is -0.579. The molecule has 13 heavy (non-hydrogen) atoms. The molecule has 0 saturated heterocycles. The summed E-state index contributed by atoms with van der Waals surface area (Å²) in [7, 11) is 0. The molecule has 1 N–H and O–H groups in total. The van der Waals surface area contributed by atoms with Gasteiger partial charge < -0.3 is 5.11 Å². The summed E-state index contributed by atoms with van der Waals surface area (Å²) in [6, 6.07) is 4.40. The van der Waals surface area contributed by atoms with Crippen LogP contribution in [0.2, 0.25) is 5.02 Å². The fourth-order valence-electron chi connectivity index (χ4n) is 0.783. The van der Waals surface area contributed by atoms with E-state index in [0.717, 1.165) is 12.1 Å². The normalized spacial score (nSPS) is 11.3. The Labute approximate surface area is 77.8 Å². The van der Waals surface area contributed by atoms with E-state index in [4.69, 9.17) is 16.7 Å². The second kappa shape index (κ2) is 3.30. The van der Waals surface area contributed by atoms with Crippen LogP contribution in [0.5, 0.6) is 0 Å². The predicted molar refractivity (Wildman–Crippen MR) is 43.0 cm³/mol. The Balaban J connectivity index is 3.08. The molecule has 2 nitrogen and oxygen atoms in total. The van der Waals surface area contributed by atoms with E-state index in [1.54, 1.807) is 0 Å². The van der Waals surface area contributed by atoms with E-state index in [0.29, 0.717) is 0 Å². The van der Waals surface area contributed by atoms with Crippen LogP contribution in [-0.2, 0) is 10.7 Å². The number of alkyl halides is 2.